The summed E-state index contributed by atoms with van der Waals surface area (Å²) in [6.45, 7) is 1.54. The predicted molar refractivity (Wildman–Crippen MR) is 97.2 cm³/mol. The SMILES string of the molecule is Cc1c(F)cccc1OC1CC(NC(=O)c2cnn3c(CO)cccc23)C1. The standard InChI is InChI=1S/C20H20FN3O3/c1-12-17(21)5-3-7-19(12)27-15-8-13(9-15)23-20(26)16-10-22-24-14(11-25)4-2-6-18(16)24/h2-7,10,13,15,25H,8-9,11H2,1H3,(H,23,26). The van der Waals surface area contributed by atoms with Gasteiger partial charge in [0, 0.05) is 24.4 Å². The Bertz CT molecular complexity index is 995. The summed E-state index contributed by atoms with van der Waals surface area (Å²) in [5.74, 6) is 0.0569. The number of hydrogen-bond donors (Lipinski definition) is 2. The summed E-state index contributed by atoms with van der Waals surface area (Å²) in [5, 5.41) is 16.5. The number of halogens is 1. The number of hydrogen-bond acceptors (Lipinski definition) is 4. The zero-order chi connectivity index (χ0) is 19.0. The van der Waals surface area contributed by atoms with Gasteiger partial charge >= 0.3 is 0 Å². The van der Waals surface area contributed by atoms with Gasteiger partial charge in [-0.05, 0) is 31.2 Å². The number of rotatable bonds is 5. The van der Waals surface area contributed by atoms with Gasteiger partial charge in [-0.3, -0.25) is 4.79 Å². The summed E-state index contributed by atoms with van der Waals surface area (Å²) < 4.78 is 21.0. The lowest BCUT2D eigenvalue weighted by molar-refractivity contribution is 0.0697. The molecule has 0 unspecified atom stereocenters. The van der Waals surface area contributed by atoms with Crippen molar-refractivity contribution < 1.29 is 19.0 Å². The third kappa shape index (κ3) is 3.26. The molecule has 3 aromatic rings. The highest BCUT2D eigenvalue weighted by atomic mass is 19.1. The van der Waals surface area contributed by atoms with Gasteiger partial charge in [-0.2, -0.15) is 5.10 Å². The van der Waals surface area contributed by atoms with Crippen molar-refractivity contribution in [2.45, 2.75) is 38.5 Å². The third-order valence-corrected chi connectivity index (χ3v) is 4.97. The van der Waals surface area contributed by atoms with Crippen molar-refractivity contribution in [1.82, 2.24) is 14.9 Å². The molecule has 2 heterocycles. The molecule has 1 fully saturated rings. The van der Waals surface area contributed by atoms with Crippen molar-refractivity contribution >= 4 is 11.4 Å². The number of ether oxygens (including phenoxy) is 1. The van der Waals surface area contributed by atoms with Crippen LogP contribution in [0.3, 0.4) is 0 Å². The molecular weight excluding hydrogens is 349 g/mol. The first-order chi connectivity index (χ1) is 13.1. The lowest BCUT2D eigenvalue weighted by Crippen LogP contribution is -2.49. The molecule has 2 N–H and O–H groups in total. The Hall–Kier alpha value is -2.93. The minimum Gasteiger partial charge on any atom is -0.490 e. The van der Waals surface area contributed by atoms with E-state index in [2.05, 4.69) is 10.4 Å². The molecule has 4 rings (SSSR count). The van der Waals surface area contributed by atoms with Gasteiger partial charge in [-0.1, -0.05) is 12.1 Å². The van der Waals surface area contributed by atoms with Gasteiger partial charge in [0.25, 0.3) is 5.91 Å². The molecule has 140 valence electrons. The zero-order valence-electron chi connectivity index (χ0n) is 14.9. The average molecular weight is 369 g/mol. The maximum absolute atomic E-state index is 13.6. The lowest BCUT2D eigenvalue weighted by Gasteiger charge is -2.36. The summed E-state index contributed by atoms with van der Waals surface area (Å²) in [6.07, 6.45) is 2.80. The number of amides is 1. The maximum atomic E-state index is 13.6. The maximum Gasteiger partial charge on any atom is 0.255 e. The van der Waals surface area contributed by atoms with Gasteiger partial charge < -0.3 is 15.2 Å². The molecule has 6 nitrogen and oxygen atoms in total. The summed E-state index contributed by atoms with van der Waals surface area (Å²) in [5.41, 5.74) is 2.24. The molecule has 2 aromatic heterocycles. The molecule has 1 amide bonds. The molecular formula is C20H20FN3O3. The van der Waals surface area contributed by atoms with Gasteiger partial charge in [0.2, 0.25) is 0 Å². The first-order valence-electron chi connectivity index (χ1n) is 8.86. The van der Waals surface area contributed by atoms with E-state index in [0.29, 0.717) is 40.9 Å². The van der Waals surface area contributed by atoms with Crippen LogP contribution in [-0.4, -0.2) is 32.8 Å². The van der Waals surface area contributed by atoms with Gasteiger partial charge in [0.1, 0.15) is 17.7 Å². The largest absolute Gasteiger partial charge is 0.490 e. The van der Waals surface area contributed by atoms with E-state index in [0.717, 1.165) is 0 Å². The smallest absolute Gasteiger partial charge is 0.255 e. The van der Waals surface area contributed by atoms with Crippen LogP contribution in [0.25, 0.3) is 5.52 Å². The van der Waals surface area contributed by atoms with E-state index in [-0.39, 0.29) is 30.5 Å². The first kappa shape index (κ1) is 17.5. The number of nitrogens with one attached hydrogen (secondary N) is 1. The molecule has 0 spiro atoms. The van der Waals surface area contributed by atoms with Crippen LogP contribution in [0.5, 0.6) is 5.75 Å². The summed E-state index contributed by atoms with van der Waals surface area (Å²) in [6, 6.07) is 10.1. The molecule has 1 aliphatic carbocycles. The number of carbonyl (C=O) groups excluding carboxylic acids is 1. The van der Waals surface area contributed by atoms with Crippen LogP contribution in [0.4, 0.5) is 4.39 Å². The van der Waals surface area contributed by atoms with Crippen LogP contribution < -0.4 is 10.1 Å². The van der Waals surface area contributed by atoms with Crippen molar-refractivity contribution in [2.75, 3.05) is 0 Å². The molecule has 0 radical (unpaired) electrons. The molecule has 0 bridgehead atoms. The fourth-order valence-corrected chi connectivity index (χ4v) is 3.30. The molecule has 0 aliphatic heterocycles. The van der Waals surface area contributed by atoms with Crippen LogP contribution >= 0.6 is 0 Å². The molecule has 7 heteroatoms. The zero-order valence-corrected chi connectivity index (χ0v) is 14.9. The van der Waals surface area contributed by atoms with Crippen molar-refractivity contribution in [1.29, 1.82) is 0 Å². The Kier molecular flexibility index (Phi) is 4.53. The summed E-state index contributed by atoms with van der Waals surface area (Å²) in [7, 11) is 0. The van der Waals surface area contributed by atoms with E-state index in [1.165, 1.54) is 12.3 Å². The first-order valence-corrected chi connectivity index (χ1v) is 8.86. The molecule has 27 heavy (non-hydrogen) atoms. The lowest BCUT2D eigenvalue weighted by atomic mass is 9.89. The van der Waals surface area contributed by atoms with Crippen LogP contribution in [0.2, 0.25) is 0 Å². The van der Waals surface area contributed by atoms with Gasteiger partial charge in [0.05, 0.1) is 29.6 Å². The van der Waals surface area contributed by atoms with E-state index in [9.17, 15) is 14.3 Å². The quantitative estimate of drug-likeness (QED) is 0.725. The number of pyridine rings is 1. The van der Waals surface area contributed by atoms with Gasteiger partial charge in [-0.15, -0.1) is 0 Å². The van der Waals surface area contributed by atoms with Crippen molar-refractivity contribution in [3.8, 4) is 5.75 Å². The second-order valence-corrected chi connectivity index (χ2v) is 6.78. The minimum atomic E-state index is -0.285. The Morgan fingerprint density at radius 2 is 2.11 bits per heavy atom. The average Bonchev–Trinajstić information content (AvgIpc) is 3.07. The van der Waals surface area contributed by atoms with Crippen LogP contribution in [0.1, 0.15) is 34.5 Å². The fraction of sp³-hybridized carbons (Fsp3) is 0.300. The normalized spacial score (nSPS) is 18.9. The van der Waals surface area contributed by atoms with Crippen molar-refractivity contribution in [2.24, 2.45) is 0 Å². The Morgan fingerprint density at radius 3 is 2.89 bits per heavy atom. The van der Waals surface area contributed by atoms with Crippen molar-refractivity contribution in [3.63, 3.8) is 0 Å². The molecule has 0 saturated heterocycles. The Morgan fingerprint density at radius 1 is 1.33 bits per heavy atom. The molecule has 1 saturated carbocycles. The van der Waals surface area contributed by atoms with E-state index >= 15 is 0 Å². The summed E-state index contributed by atoms with van der Waals surface area (Å²) in [4.78, 5) is 12.6. The monoisotopic (exact) mass is 369 g/mol. The predicted octanol–water partition coefficient (Wildman–Crippen LogP) is 2.61. The second-order valence-electron chi connectivity index (χ2n) is 6.78. The highest BCUT2D eigenvalue weighted by Crippen LogP contribution is 2.29. The topological polar surface area (TPSA) is 75.9 Å². The number of fused-ring (bicyclic) bond motifs is 1. The van der Waals surface area contributed by atoms with Crippen LogP contribution in [-0.2, 0) is 6.61 Å². The van der Waals surface area contributed by atoms with E-state index in [4.69, 9.17) is 4.74 Å². The summed E-state index contributed by atoms with van der Waals surface area (Å²) >= 11 is 0. The van der Waals surface area contributed by atoms with E-state index in [1.54, 1.807) is 41.8 Å². The Balaban J connectivity index is 1.38. The number of aliphatic hydroxyl groups is 1. The number of carbonyl (C=O) groups is 1. The van der Waals surface area contributed by atoms with Gasteiger partial charge in [-0.25, -0.2) is 8.91 Å². The van der Waals surface area contributed by atoms with E-state index in [1.807, 2.05) is 0 Å². The number of aliphatic hydroxyl groups excluding tert-OH is 1. The molecule has 0 atom stereocenters. The number of aromatic nitrogens is 2. The Labute approximate surface area is 155 Å². The number of nitrogens with zero attached hydrogens (tertiary/aromatic N) is 2. The van der Waals surface area contributed by atoms with Gasteiger partial charge in [0.15, 0.2) is 0 Å². The fourth-order valence-electron chi connectivity index (χ4n) is 3.30. The van der Waals surface area contributed by atoms with Crippen LogP contribution in [0.15, 0.2) is 42.6 Å². The second kappa shape index (κ2) is 7.00. The molecule has 1 aliphatic rings. The van der Waals surface area contributed by atoms with E-state index < -0.39 is 0 Å². The third-order valence-electron chi connectivity index (χ3n) is 4.97. The highest BCUT2D eigenvalue weighted by Gasteiger charge is 2.33. The molecule has 1 aromatic carbocycles. The minimum absolute atomic E-state index is 0.00680. The number of benzene rings is 1. The van der Waals surface area contributed by atoms with Crippen LogP contribution in [0, 0.1) is 12.7 Å². The highest BCUT2D eigenvalue weighted by molar-refractivity contribution is 6.00. The van der Waals surface area contributed by atoms with Crippen molar-refractivity contribution in [3.05, 3.63) is 65.2 Å².